The van der Waals surface area contributed by atoms with E-state index in [4.69, 9.17) is 9.84 Å². The van der Waals surface area contributed by atoms with E-state index in [1.807, 2.05) is 6.92 Å². The van der Waals surface area contributed by atoms with Crippen LogP contribution < -0.4 is 5.56 Å². The Labute approximate surface area is 115 Å². The molecule has 1 aromatic heterocycles. The lowest BCUT2D eigenvalue weighted by Crippen LogP contribution is -2.33. The van der Waals surface area contributed by atoms with Gasteiger partial charge in [-0.2, -0.15) is 0 Å². The molecule has 0 aromatic carbocycles. The molecule has 0 fully saturated rings. The maximum atomic E-state index is 12.1. The Morgan fingerprint density at radius 3 is 2.95 bits per heavy atom. The summed E-state index contributed by atoms with van der Waals surface area (Å²) in [6.45, 7) is 2.29. The normalized spacial score (nSPS) is 16.8. The van der Waals surface area contributed by atoms with E-state index in [9.17, 15) is 14.4 Å². The van der Waals surface area contributed by atoms with Gasteiger partial charge in [0.2, 0.25) is 0 Å². The summed E-state index contributed by atoms with van der Waals surface area (Å²) < 4.78 is 6.26. The zero-order valence-corrected chi connectivity index (χ0v) is 11.2. The molecular weight excluding hydrogens is 264 g/mol. The Morgan fingerprint density at radius 1 is 1.55 bits per heavy atom. The molecule has 7 nitrogen and oxygen atoms in total. The molecule has 2 heterocycles. The van der Waals surface area contributed by atoms with E-state index in [1.54, 1.807) is 0 Å². The highest BCUT2D eigenvalue weighted by molar-refractivity contribution is 5.87. The number of carbonyl (C=O) groups excluding carboxylic acids is 1. The van der Waals surface area contributed by atoms with Gasteiger partial charge >= 0.3 is 11.9 Å². The number of aromatic carboxylic acids is 1. The Hall–Kier alpha value is -2.18. The van der Waals surface area contributed by atoms with E-state index < -0.39 is 29.1 Å². The second-order valence-electron chi connectivity index (χ2n) is 4.64. The second kappa shape index (κ2) is 5.85. The average molecular weight is 280 g/mol. The molecule has 0 aliphatic carbocycles. The quantitative estimate of drug-likeness (QED) is 0.632. The Balaban J connectivity index is 2.27. The lowest BCUT2D eigenvalue weighted by molar-refractivity contribution is -0.147. The highest BCUT2D eigenvalue weighted by Crippen LogP contribution is 2.23. The number of rotatable bonds is 5. The maximum absolute atomic E-state index is 12.1. The third-order valence-corrected chi connectivity index (χ3v) is 3.27. The van der Waals surface area contributed by atoms with Crippen molar-refractivity contribution < 1.29 is 19.4 Å². The molecule has 1 aliphatic rings. The van der Waals surface area contributed by atoms with Crippen LogP contribution in [-0.2, 0) is 16.0 Å². The summed E-state index contributed by atoms with van der Waals surface area (Å²) in [4.78, 5) is 38.9. The second-order valence-corrected chi connectivity index (χ2v) is 4.64. The molecule has 0 saturated heterocycles. The number of aryl methyl sites for hydroxylation is 1. The van der Waals surface area contributed by atoms with Crippen LogP contribution in [0.1, 0.15) is 48.4 Å². The highest BCUT2D eigenvalue weighted by Gasteiger charge is 2.33. The van der Waals surface area contributed by atoms with Crippen LogP contribution in [0, 0.1) is 0 Å². The Kier molecular flexibility index (Phi) is 4.16. The van der Waals surface area contributed by atoms with Gasteiger partial charge in [0, 0.05) is 12.6 Å². The molecule has 0 unspecified atom stereocenters. The largest absolute Gasteiger partial charge is 0.477 e. The predicted molar refractivity (Wildman–Crippen MR) is 68.7 cm³/mol. The minimum atomic E-state index is -1.34. The van der Waals surface area contributed by atoms with E-state index in [0.29, 0.717) is 25.3 Å². The van der Waals surface area contributed by atoms with Gasteiger partial charge in [-0.25, -0.2) is 14.6 Å². The van der Waals surface area contributed by atoms with Gasteiger partial charge < -0.3 is 9.84 Å². The number of nitrogens with zero attached hydrogens (tertiary/aromatic N) is 2. The molecule has 0 radical (unpaired) electrons. The molecule has 0 amide bonds. The highest BCUT2D eigenvalue weighted by atomic mass is 16.5. The minimum Gasteiger partial charge on any atom is -0.477 e. The van der Waals surface area contributed by atoms with Crippen LogP contribution in [0.25, 0.3) is 0 Å². The number of esters is 1. The fourth-order valence-corrected chi connectivity index (χ4v) is 2.19. The monoisotopic (exact) mass is 280 g/mol. The summed E-state index contributed by atoms with van der Waals surface area (Å²) in [5, 5.41) is 8.93. The molecule has 7 heteroatoms. The lowest BCUT2D eigenvalue weighted by Gasteiger charge is -2.13. The van der Waals surface area contributed by atoms with Crippen LogP contribution in [0.5, 0.6) is 0 Å². The van der Waals surface area contributed by atoms with Gasteiger partial charge in [-0.05, 0) is 12.8 Å². The number of hydrogen-bond acceptors (Lipinski definition) is 5. The van der Waals surface area contributed by atoms with E-state index >= 15 is 0 Å². The first-order valence-corrected chi connectivity index (χ1v) is 6.56. The zero-order valence-electron chi connectivity index (χ0n) is 11.2. The molecule has 1 aromatic rings. The number of ether oxygens (including phenoxy) is 1. The van der Waals surface area contributed by atoms with Crippen LogP contribution in [0.4, 0.5) is 0 Å². The summed E-state index contributed by atoms with van der Waals surface area (Å²) in [5.74, 6) is -1.41. The number of carboxylic acid groups (broad SMARTS) is 1. The maximum Gasteiger partial charge on any atom is 0.342 e. The van der Waals surface area contributed by atoms with E-state index in [2.05, 4.69) is 4.98 Å². The van der Waals surface area contributed by atoms with Crippen LogP contribution in [0.3, 0.4) is 0 Å². The van der Waals surface area contributed by atoms with Gasteiger partial charge in [0.15, 0.2) is 0 Å². The summed E-state index contributed by atoms with van der Waals surface area (Å²) >= 11 is 0. The fourth-order valence-electron chi connectivity index (χ4n) is 2.19. The molecule has 108 valence electrons. The van der Waals surface area contributed by atoms with E-state index in [1.165, 1.54) is 0 Å². The SMILES string of the molecule is CCCCOC(=O)[C@@H]1CCc2ncc(C(=O)O)c(=O)n21. The average Bonchev–Trinajstić information content (AvgIpc) is 2.83. The molecule has 0 bridgehead atoms. The fraction of sp³-hybridized carbons (Fsp3) is 0.538. The zero-order chi connectivity index (χ0) is 14.7. The van der Waals surface area contributed by atoms with Crippen LogP contribution >= 0.6 is 0 Å². The number of carbonyl (C=O) groups is 2. The van der Waals surface area contributed by atoms with Gasteiger partial charge in [-0.3, -0.25) is 9.36 Å². The number of aromatic nitrogens is 2. The van der Waals surface area contributed by atoms with Crippen molar-refractivity contribution in [1.82, 2.24) is 9.55 Å². The summed E-state index contributed by atoms with van der Waals surface area (Å²) in [6, 6.07) is -0.763. The molecule has 0 saturated carbocycles. The van der Waals surface area contributed by atoms with Crippen molar-refractivity contribution in [3.63, 3.8) is 0 Å². The lowest BCUT2D eigenvalue weighted by atomic mass is 10.2. The predicted octanol–water partition coefficient (Wildman–Crippen LogP) is 0.772. The first-order valence-electron chi connectivity index (χ1n) is 6.56. The summed E-state index contributed by atoms with van der Waals surface area (Å²) in [5.41, 5.74) is -1.13. The Morgan fingerprint density at radius 2 is 2.30 bits per heavy atom. The van der Waals surface area contributed by atoms with Crippen molar-refractivity contribution in [2.75, 3.05) is 6.61 Å². The molecule has 2 rings (SSSR count). The van der Waals surface area contributed by atoms with Crippen LogP contribution in [0.2, 0.25) is 0 Å². The third kappa shape index (κ3) is 2.56. The van der Waals surface area contributed by atoms with Gasteiger partial charge in [0.05, 0.1) is 6.61 Å². The standard InChI is InChI=1S/C13H16N2O5/c1-2-3-6-20-13(19)9-4-5-10-14-7-8(12(17)18)11(16)15(9)10/h7,9H,2-6H2,1H3,(H,17,18)/t9-/m0/s1. The minimum absolute atomic E-state index is 0.308. The van der Waals surface area contributed by atoms with Gasteiger partial charge in [0.1, 0.15) is 17.4 Å². The van der Waals surface area contributed by atoms with Crippen molar-refractivity contribution in [2.45, 2.75) is 38.6 Å². The smallest absolute Gasteiger partial charge is 0.342 e. The number of carboxylic acids is 1. The van der Waals surface area contributed by atoms with Gasteiger partial charge in [0.25, 0.3) is 5.56 Å². The number of fused-ring (bicyclic) bond motifs is 1. The molecule has 0 spiro atoms. The van der Waals surface area contributed by atoms with Crippen molar-refractivity contribution >= 4 is 11.9 Å². The van der Waals surface area contributed by atoms with Crippen molar-refractivity contribution in [1.29, 1.82) is 0 Å². The van der Waals surface area contributed by atoms with Crippen LogP contribution in [-0.4, -0.2) is 33.2 Å². The van der Waals surface area contributed by atoms with Crippen molar-refractivity contribution in [3.05, 3.63) is 27.9 Å². The molecule has 1 N–H and O–H groups in total. The Bertz CT molecular complexity index is 593. The van der Waals surface area contributed by atoms with Crippen molar-refractivity contribution in [2.24, 2.45) is 0 Å². The van der Waals surface area contributed by atoms with E-state index in [0.717, 1.165) is 23.6 Å². The van der Waals surface area contributed by atoms with Crippen molar-refractivity contribution in [3.8, 4) is 0 Å². The summed E-state index contributed by atoms with van der Waals surface area (Å²) in [7, 11) is 0. The number of unbranched alkanes of at least 4 members (excludes halogenated alkanes) is 1. The summed E-state index contributed by atoms with van der Waals surface area (Å²) in [6.07, 6.45) is 3.58. The topological polar surface area (TPSA) is 98.5 Å². The molecule has 1 atom stereocenters. The molecule has 1 aliphatic heterocycles. The van der Waals surface area contributed by atoms with Gasteiger partial charge in [-0.1, -0.05) is 13.3 Å². The first kappa shape index (κ1) is 14.2. The first-order chi connectivity index (χ1) is 9.56. The molecular formula is C13H16N2O5. The molecule has 20 heavy (non-hydrogen) atoms. The van der Waals surface area contributed by atoms with E-state index in [-0.39, 0.29) is 0 Å². The van der Waals surface area contributed by atoms with Gasteiger partial charge in [-0.15, -0.1) is 0 Å². The third-order valence-electron chi connectivity index (χ3n) is 3.27. The number of hydrogen-bond donors (Lipinski definition) is 1. The van der Waals surface area contributed by atoms with Crippen LogP contribution in [0.15, 0.2) is 11.0 Å².